The molecule has 1 fully saturated rings. The Balaban J connectivity index is 1.76. The van der Waals surface area contributed by atoms with E-state index in [1.165, 1.54) is 0 Å². The number of nitrogens with zero attached hydrogens (tertiary/aromatic N) is 4. The molecule has 6 heteroatoms. The molecule has 1 atom stereocenters. The summed E-state index contributed by atoms with van der Waals surface area (Å²) in [5, 5.41) is 12.0. The zero-order chi connectivity index (χ0) is 16.1. The van der Waals surface area contributed by atoms with E-state index in [1.54, 1.807) is 4.68 Å². The molecule has 0 spiro atoms. The molecule has 6 nitrogen and oxygen atoms in total. The van der Waals surface area contributed by atoms with Crippen LogP contribution in [-0.4, -0.2) is 45.1 Å². The molecular formula is C17H22N4O2. The average Bonchev–Trinajstić information content (AvgIpc) is 3.16. The number of benzene rings is 1. The number of ether oxygens (including phenoxy) is 2. The molecule has 2 aromatic rings. The topological polar surface area (TPSA) is 62.1 Å². The van der Waals surface area contributed by atoms with E-state index in [0.717, 1.165) is 12.0 Å². The van der Waals surface area contributed by atoms with Crippen LogP contribution in [0.25, 0.3) is 12.2 Å². The summed E-state index contributed by atoms with van der Waals surface area (Å²) in [4.78, 5) is 0. The number of hydrogen-bond donors (Lipinski definition) is 0. The molecule has 0 bridgehead atoms. The van der Waals surface area contributed by atoms with E-state index in [9.17, 15) is 0 Å². The van der Waals surface area contributed by atoms with E-state index < -0.39 is 0 Å². The fraction of sp³-hybridized carbons (Fsp3) is 0.471. The molecule has 0 saturated carbocycles. The Morgan fingerprint density at radius 3 is 2.83 bits per heavy atom. The molecule has 122 valence electrons. The van der Waals surface area contributed by atoms with Crippen molar-refractivity contribution in [3.63, 3.8) is 0 Å². The number of rotatable bonds is 6. The van der Waals surface area contributed by atoms with Gasteiger partial charge in [0.25, 0.3) is 0 Å². The minimum Gasteiger partial charge on any atom is -0.378 e. The van der Waals surface area contributed by atoms with Gasteiger partial charge in [0, 0.05) is 13.0 Å². The van der Waals surface area contributed by atoms with E-state index in [-0.39, 0.29) is 11.7 Å². The second-order valence-electron chi connectivity index (χ2n) is 6.09. The largest absolute Gasteiger partial charge is 0.378 e. The Labute approximate surface area is 136 Å². The van der Waals surface area contributed by atoms with Gasteiger partial charge in [-0.15, -0.1) is 5.10 Å². The van der Waals surface area contributed by atoms with Crippen molar-refractivity contribution in [3.05, 3.63) is 41.7 Å². The second-order valence-corrected chi connectivity index (χ2v) is 6.09. The first-order valence-electron chi connectivity index (χ1n) is 7.92. The first kappa shape index (κ1) is 15.8. The van der Waals surface area contributed by atoms with Gasteiger partial charge in [0.05, 0.1) is 19.3 Å². The summed E-state index contributed by atoms with van der Waals surface area (Å²) in [6, 6.07) is 10.1. The van der Waals surface area contributed by atoms with Crippen molar-refractivity contribution in [1.82, 2.24) is 20.2 Å². The Hall–Kier alpha value is -2.05. The maximum Gasteiger partial charge on any atom is 0.174 e. The Bertz CT molecular complexity index is 646. The lowest BCUT2D eigenvalue weighted by Gasteiger charge is -2.29. The van der Waals surface area contributed by atoms with Gasteiger partial charge in [-0.25, -0.2) is 4.68 Å². The van der Waals surface area contributed by atoms with Crippen LogP contribution in [0, 0.1) is 0 Å². The van der Waals surface area contributed by atoms with E-state index >= 15 is 0 Å². The van der Waals surface area contributed by atoms with Crippen LogP contribution < -0.4 is 0 Å². The van der Waals surface area contributed by atoms with Gasteiger partial charge in [-0.2, -0.15) is 0 Å². The molecule has 23 heavy (non-hydrogen) atoms. The van der Waals surface area contributed by atoms with Gasteiger partial charge in [0.15, 0.2) is 5.82 Å². The lowest BCUT2D eigenvalue weighted by Crippen LogP contribution is -2.40. The summed E-state index contributed by atoms with van der Waals surface area (Å²) in [5.74, 6) is 0.715. The van der Waals surface area contributed by atoms with Crippen LogP contribution in [0.4, 0.5) is 0 Å². The zero-order valence-electron chi connectivity index (χ0n) is 13.6. The summed E-state index contributed by atoms with van der Waals surface area (Å²) in [7, 11) is 0. The smallest absolute Gasteiger partial charge is 0.174 e. The molecule has 3 rings (SSSR count). The summed E-state index contributed by atoms with van der Waals surface area (Å²) in [5.41, 5.74) is 0.762. The zero-order valence-corrected chi connectivity index (χ0v) is 13.6. The van der Waals surface area contributed by atoms with Crippen molar-refractivity contribution >= 4 is 12.2 Å². The van der Waals surface area contributed by atoms with Crippen LogP contribution in [0.2, 0.25) is 0 Å². The lowest BCUT2D eigenvalue weighted by atomic mass is 10.0. The third-order valence-corrected chi connectivity index (χ3v) is 3.77. The van der Waals surface area contributed by atoms with Crippen molar-refractivity contribution < 1.29 is 9.47 Å². The third kappa shape index (κ3) is 4.03. The predicted molar refractivity (Wildman–Crippen MR) is 87.6 cm³/mol. The van der Waals surface area contributed by atoms with Gasteiger partial charge in [0.2, 0.25) is 0 Å². The molecule has 0 aliphatic carbocycles. The van der Waals surface area contributed by atoms with Crippen LogP contribution >= 0.6 is 0 Å². The first-order valence-corrected chi connectivity index (χ1v) is 7.92. The summed E-state index contributed by atoms with van der Waals surface area (Å²) < 4.78 is 13.5. The van der Waals surface area contributed by atoms with E-state index in [2.05, 4.69) is 15.5 Å². The Morgan fingerprint density at radius 2 is 2.13 bits per heavy atom. The van der Waals surface area contributed by atoms with Crippen molar-refractivity contribution in [2.75, 3.05) is 13.2 Å². The molecule has 0 radical (unpaired) electrons. The molecule has 1 saturated heterocycles. The minimum absolute atomic E-state index is 0.136. The number of aromatic nitrogens is 4. The Kier molecular flexibility index (Phi) is 4.83. The molecule has 0 N–H and O–H groups in total. The normalized spacial score (nSPS) is 21.5. The highest BCUT2D eigenvalue weighted by molar-refractivity contribution is 5.66. The third-order valence-electron chi connectivity index (χ3n) is 3.77. The minimum atomic E-state index is -0.348. The number of tetrazole rings is 1. The average molecular weight is 314 g/mol. The highest BCUT2D eigenvalue weighted by Gasteiger charge is 2.38. The molecule has 1 aliphatic rings. The molecule has 1 aromatic heterocycles. The summed E-state index contributed by atoms with van der Waals surface area (Å²) in [6.45, 7) is 5.95. The lowest BCUT2D eigenvalue weighted by molar-refractivity contribution is -0.0933. The monoisotopic (exact) mass is 314 g/mol. The summed E-state index contributed by atoms with van der Waals surface area (Å²) >= 11 is 0. The van der Waals surface area contributed by atoms with Crippen molar-refractivity contribution in [2.45, 2.75) is 38.5 Å². The van der Waals surface area contributed by atoms with Gasteiger partial charge in [0.1, 0.15) is 5.60 Å². The Morgan fingerprint density at radius 1 is 1.30 bits per heavy atom. The van der Waals surface area contributed by atoms with E-state index in [1.807, 2.05) is 56.3 Å². The van der Waals surface area contributed by atoms with Crippen LogP contribution in [0.3, 0.4) is 0 Å². The highest BCUT2D eigenvalue weighted by atomic mass is 16.6. The maximum absolute atomic E-state index is 6.12. The first-order chi connectivity index (χ1) is 11.2. The van der Waals surface area contributed by atoms with Crippen LogP contribution in [0.15, 0.2) is 30.3 Å². The molecule has 0 unspecified atom stereocenters. The van der Waals surface area contributed by atoms with Gasteiger partial charge in [-0.1, -0.05) is 36.4 Å². The van der Waals surface area contributed by atoms with Crippen molar-refractivity contribution in [1.29, 1.82) is 0 Å². The van der Waals surface area contributed by atoms with E-state index in [0.29, 0.717) is 25.6 Å². The van der Waals surface area contributed by atoms with Crippen molar-refractivity contribution in [2.24, 2.45) is 0 Å². The highest BCUT2D eigenvalue weighted by Crippen LogP contribution is 2.27. The van der Waals surface area contributed by atoms with Gasteiger partial charge in [-0.3, -0.25) is 0 Å². The summed E-state index contributed by atoms with van der Waals surface area (Å²) in [6.07, 6.45) is 4.92. The van der Waals surface area contributed by atoms with Crippen LogP contribution in [-0.2, 0) is 16.0 Å². The molecule has 1 aromatic carbocycles. The van der Waals surface area contributed by atoms with Gasteiger partial charge in [-0.05, 0) is 35.9 Å². The van der Waals surface area contributed by atoms with Gasteiger partial charge < -0.3 is 9.47 Å². The quantitative estimate of drug-likeness (QED) is 0.819. The maximum atomic E-state index is 6.12. The fourth-order valence-electron chi connectivity index (χ4n) is 2.79. The van der Waals surface area contributed by atoms with Crippen LogP contribution in [0.1, 0.15) is 31.7 Å². The number of hydrogen-bond acceptors (Lipinski definition) is 5. The van der Waals surface area contributed by atoms with Crippen LogP contribution in [0.5, 0.6) is 0 Å². The molecule has 1 aliphatic heterocycles. The molecule has 0 amide bonds. The standard InChI is InChI=1S/C17H22N4O2/c1-14(2)23-17(10-11-22-13-17)12-21-16(18-19-20-21)9-8-15-6-4-3-5-7-15/h3-9,14H,10-13H2,1-2H3/t17-/m1/s1. The SMILES string of the molecule is CC(C)O[C@@]1(Cn2nnnc2C=Cc2ccccc2)CCOC1. The fourth-order valence-corrected chi connectivity index (χ4v) is 2.79. The predicted octanol–water partition coefficient (Wildman–Crippen LogP) is 2.43. The van der Waals surface area contributed by atoms with Gasteiger partial charge >= 0.3 is 0 Å². The molecular weight excluding hydrogens is 292 g/mol. The molecule has 2 heterocycles. The van der Waals surface area contributed by atoms with Crippen molar-refractivity contribution in [3.8, 4) is 0 Å². The van der Waals surface area contributed by atoms with E-state index in [4.69, 9.17) is 9.47 Å². The second kappa shape index (κ2) is 7.02.